The Morgan fingerprint density at radius 2 is 1.07 bits per heavy atom. The molecular formula is C37H44F2N4OS2. The normalized spacial score (nSPS) is 10.3. The Balaban J connectivity index is 0.000000251. The summed E-state index contributed by atoms with van der Waals surface area (Å²) in [6, 6.07) is 27.8. The van der Waals surface area contributed by atoms with E-state index < -0.39 is 0 Å². The van der Waals surface area contributed by atoms with Gasteiger partial charge < -0.3 is 26.0 Å². The minimum Gasteiger partial charge on any atom is -0.496 e. The lowest BCUT2D eigenvalue weighted by atomic mass is 10.1. The SMILES string of the molecule is COc1ccc(C)cc1CCNC(=S)NCCc1ccc(F)cc1.Cc1ccc(CCNC(=S)NCCc2cccc(F)c2)cc1. The van der Waals surface area contributed by atoms with Crippen LogP contribution in [0.25, 0.3) is 0 Å². The quantitative estimate of drug-likeness (QED) is 0.118. The van der Waals surface area contributed by atoms with Gasteiger partial charge in [-0.1, -0.05) is 71.8 Å². The van der Waals surface area contributed by atoms with E-state index >= 15 is 0 Å². The van der Waals surface area contributed by atoms with Crippen molar-refractivity contribution in [2.45, 2.75) is 39.5 Å². The number of methoxy groups -OCH3 is 1. The standard InChI is InChI=1S/C19H23FN2OS.C18H21FN2S/c1-14-3-8-18(23-2)16(13-14)10-12-22-19(24)21-11-9-15-4-6-17(20)7-5-15;1-14-5-7-15(8-6-14)9-11-20-18(22)21-12-10-16-3-2-4-17(19)13-16/h3-8,13H,9-12H2,1-2H3,(H2,21,22,24);2-8,13H,9-12H2,1H3,(H2,20,21,22). The van der Waals surface area contributed by atoms with Gasteiger partial charge in [-0.15, -0.1) is 0 Å². The third kappa shape index (κ3) is 14.3. The number of hydrogen-bond acceptors (Lipinski definition) is 3. The Morgan fingerprint density at radius 1 is 0.565 bits per heavy atom. The summed E-state index contributed by atoms with van der Waals surface area (Å²) in [6.07, 6.45) is 3.32. The van der Waals surface area contributed by atoms with Gasteiger partial charge in [0, 0.05) is 26.2 Å². The molecule has 4 rings (SSSR count). The topological polar surface area (TPSA) is 57.4 Å². The van der Waals surface area contributed by atoms with Gasteiger partial charge in [0.15, 0.2) is 10.2 Å². The lowest BCUT2D eigenvalue weighted by Gasteiger charge is -2.12. The summed E-state index contributed by atoms with van der Waals surface area (Å²) in [7, 11) is 1.68. The first-order valence-electron chi connectivity index (χ1n) is 15.4. The highest BCUT2D eigenvalue weighted by molar-refractivity contribution is 7.80. The van der Waals surface area contributed by atoms with Crippen molar-refractivity contribution in [3.8, 4) is 5.75 Å². The Hall–Kier alpha value is -4.08. The van der Waals surface area contributed by atoms with Crippen LogP contribution in [0.2, 0.25) is 0 Å². The minimum atomic E-state index is -0.213. The molecule has 0 saturated heterocycles. The highest BCUT2D eigenvalue weighted by Gasteiger charge is 2.04. The molecule has 46 heavy (non-hydrogen) atoms. The second kappa shape index (κ2) is 20.1. The van der Waals surface area contributed by atoms with Gasteiger partial charge in [0.25, 0.3) is 0 Å². The van der Waals surface area contributed by atoms with E-state index in [0.717, 1.165) is 55.6 Å². The Labute approximate surface area is 283 Å². The van der Waals surface area contributed by atoms with Crippen LogP contribution in [0.1, 0.15) is 33.4 Å². The van der Waals surface area contributed by atoms with Gasteiger partial charge in [-0.2, -0.15) is 0 Å². The number of ether oxygens (including phenoxy) is 1. The van der Waals surface area contributed by atoms with Gasteiger partial charge in [0.1, 0.15) is 17.4 Å². The second-order valence-electron chi connectivity index (χ2n) is 10.9. The molecule has 0 aliphatic rings. The monoisotopic (exact) mass is 662 g/mol. The summed E-state index contributed by atoms with van der Waals surface area (Å²) in [5, 5.41) is 14.0. The van der Waals surface area contributed by atoms with E-state index in [1.807, 2.05) is 18.2 Å². The van der Waals surface area contributed by atoms with Gasteiger partial charge in [0.2, 0.25) is 0 Å². The Bertz CT molecular complexity index is 1520. The van der Waals surface area contributed by atoms with E-state index in [1.54, 1.807) is 31.4 Å². The first-order chi connectivity index (χ1) is 22.2. The van der Waals surface area contributed by atoms with E-state index in [4.69, 9.17) is 29.2 Å². The molecule has 5 nitrogen and oxygen atoms in total. The van der Waals surface area contributed by atoms with Gasteiger partial charge in [-0.3, -0.25) is 0 Å². The predicted molar refractivity (Wildman–Crippen MR) is 194 cm³/mol. The zero-order valence-electron chi connectivity index (χ0n) is 26.8. The van der Waals surface area contributed by atoms with E-state index in [0.29, 0.717) is 23.3 Å². The van der Waals surface area contributed by atoms with Gasteiger partial charge in [-0.25, -0.2) is 8.78 Å². The fraction of sp³-hybridized carbons (Fsp3) is 0.297. The molecule has 0 aliphatic carbocycles. The lowest BCUT2D eigenvalue weighted by Crippen LogP contribution is -2.37. The number of nitrogens with one attached hydrogen (secondary N) is 4. The largest absolute Gasteiger partial charge is 0.496 e. The number of aryl methyl sites for hydroxylation is 2. The third-order valence-corrected chi connectivity index (χ3v) is 7.71. The first kappa shape index (κ1) is 36.4. The van der Waals surface area contributed by atoms with Gasteiger partial charge >= 0.3 is 0 Å². The van der Waals surface area contributed by atoms with Crippen LogP contribution in [0.5, 0.6) is 5.75 Å². The maximum atomic E-state index is 13.0. The molecule has 0 fully saturated rings. The maximum absolute atomic E-state index is 13.0. The van der Waals surface area contributed by atoms with Crippen LogP contribution in [0, 0.1) is 25.5 Å². The molecule has 4 aromatic carbocycles. The second-order valence-corrected chi connectivity index (χ2v) is 11.7. The van der Waals surface area contributed by atoms with Crippen molar-refractivity contribution < 1.29 is 13.5 Å². The molecule has 4 N–H and O–H groups in total. The zero-order chi connectivity index (χ0) is 33.1. The molecule has 0 aromatic heterocycles. The summed E-state index contributed by atoms with van der Waals surface area (Å²) in [5.74, 6) is 0.490. The zero-order valence-corrected chi connectivity index (χ0v) is 28.4. The fourth-order valence-electron chi connectivity index (χ4n) is 4.60. The minimum absolute atomic E-state index is 0.198. The summed E-state index contributed by atoms with van der Waals surface area (Å²) in [5.41, 5.74) is 6.99. The molecule has 0 unspecified atom stereocenters. The maximum Gasteiger partial charge on any atom is 0.166 e. The number of thiocarbonyl (C=S) groups is 2. The highest BCUT2D eigenvalue weighted by Crippen LogP contribution is 2.19. The molecule has 0 atom stereocenters. The average Bonchev–Trinajstić information content (AvgIpc) is 3.03. The van der Waals surface area contributed by atoms with E-state index in [9.17, 15) is 8.78 Å². The third-order valence-electron chi connectivity index (χ3n) is 7.14. The number of benzene rings is 4. The Kier molecular flexibility index (Phi) is 15.9. The lowest BCUT2D eigenvalue weighted by molar-refractivity contribution is 0.409. The summed E-state index contributed by atoms with van der Waals surface area (Å²) >= 11 is 10.5. The first-order valence-corrected chi connectivity index (χ1v) is 16.2. The van der Waals surface area contributed by atoms with Gasteiger partial charge in [-0.05, 0) is 117 Å². The van der Waals surface area contributed by atoms with Crippen molar-refractivity contribution in [3.63, 3.8) is 0 Å². The van der Waals surface area contributed by atoms with Crippen LogP contribution < -0.4 is 26.0 Å². The smallest absolute Gasteiger partial charge is 0.166 e. The Morgan fingerprint density at radius 3 is 1.61 bits per heavy atom. The molecule has 0 bridgehead atoms. The molecular weight excluding hydrogens is 619 g/mol. The van der Waals surface area contributed by atoms with Crippen LogP contribution in [0.4, 0.5) is 8.78 Å². The molecule has 4 aromatic rings. The number of rotatable bonds is 13. The number of halogens is 2. The summed E-state index contributed by atoms with van der Waals surface area (Å²) in [6.45, 7) is 7.10. The molecule has 244 valence electrons. The molecule has 0 amide bonds. The molecule has 0 heterocycles. The van der Waals surface area contributed by atoms with Crippen molar-refractivity contribution in [2.75, 3.05) is 33.3 Å². The van der Waals surface area contributed by atoms with Crippen LogP contribution in [0.3, 0.4) is 0 Å². The van der Waals surface area contributed by atoms with Crippen molar-refractivity contribution >= 4 is 34.7 Å². The van der Waals surface area contributed by atoms with E-state index in [2.05, 4.69) is 65.4 Å². The van der Waals surface area contributed by atoms with Crippen molar-refractivity contribution in [2.24, 2.45) is 0 Å². The van der Waals surface area contributed by atoms with E-state index in [1.165, 1.54) is 40.5 Å². The van der Waals surface area contributed by atoms with Crippen LogP contribution >= 0.6 is 24.4 Å². The van der Waals surface area contributed by atoms with E-state index in [-0.39, 0.29) is 11.6 Å². The molecule has 9 heteroatoms. The summed E-state index contributed by atoms with van der Waals surface area (Å²) < 4.78 is 31.3. The van der Waals surface area contributed by atoms with Gasteiger partial charge in [0.05, 0.1) is 7.11 Å². The highest BCUT2D eigenvalue weighted by atomic mass is 32.1. The molecule has 0 aliphatic heterocycles. The van der Waals surface area contributed by atoms with Crippen molar-refractivity contribution in [1.82, 2.24) is 21.3 Å². The fourth-order valence-corrected chi connectivity index (χ4v) is 5.01. The van der Waals surface area contributed by atoms with Crippen LogP contribution in [-0.2, 0) is 25.7 Å². The number of hydrogen-bond donors (Lipinski definition) is 4. The predicted octanol–water partition coefficient (Wildman–Crippen LogP) is 6.78. The molecule has 0 spiro atoms. The van der Waals surface area contributed by atoms with Crippen molar-refractivity contribution in [1.29, 1.82) is 0 Å². The summed E-state index contributed by atoms with van der Waals surface area (Å²) in [4.78, 5) is 0. The van der Waals surface area contributed by atoms with Crippen LogP contribution in [-0.4, -0.2) is 43.5 Å². The molecule has 0 saturated carbocycles. The average molecular weight is 663 g/mol. The van der Waals surface area contributed by atoms with Crippen LogP contribution in [0.15, 0.2) is 91.0 Å². The molecule has 0 radical (unpaired) electrons. The van der Waals surface area contributed by atoms with Crippen molar-refractivity contribution in [3.05, 3.63) is 136 Å².